The molecule has 2 saturated carbocycles. The minimum atomic E-state index is 0. The van der Waals surface area contributed by atoms with Crippen molar-refractivity contribution in [3.63, 3.8) is 0 Å². The van der Waals surface area contributed by atoms with E-state index in [0.29, 0.717) is 0 Å². The molecular formula is C24H36Zr+2. The molecular weight excluding hydrogens is 379 g/mol. The van der Waals surface area contributed by atoms with Gasteiger partial charge in [0.25, 0.3) is 0 Å². The van der Waals surface area contributed by atoms with Crippen molar-refractivity contribution in [3.8, 4) is 0 Å². The minimum Gasteiger partial charge on any atom is -0.0991 e. The van der Waals surface area contributed by atoms with Crippen LogP contribution in [0.1, 0.15) is 69.2 Å². The van der Waals surface area contributed by atoms with Gasteiger partial charge in [-0.05, 0) is 59.2 Å². The second-order valence-electron chi connectivity index (χ2n) is 6.72. The molecule has 0 unspecified atom stereocenters. The number of allylic oxidation sites excluding steroid dienone is 2. The Morgan fingerprint density at radius 1 is 0.360 bits per heavy atom. The Balaban J connectivity index is 0. The van der Waals surface area contributed by atoms with E-state index in [1.165, 1.54) is 59.2 Å². The van der Waals surface area contributed by atoms with Gasteiger partial charge in [0.1, 0.15) is 0 Å². The van der Waals surface area contributed by atoms with Gasteiger partial charge >= 0.3 is 26.2 Å². The zero-order chi connectivity index (χ0) is 19.2. The fourth-order valence-corrected chi connectivity index (χ4v) is 2.81. The number of hydrogen-bond donors (Lipinski definition) is 0. The quantitative estimate of drug-likeness (QED) is 0.394. The Labute approximate surface area is 179 Å². The summed E-state index contributed by atoms with van der Waals surface area (Å²) in [4.78, 5) is 0. The molecule has 2 fully saturated rings. The van der Waals surface area contributed by atoms with Gasteiger partial charge in [-0.15, -0.1) is 0 Å². The topological polar surface area (TPSA) is 0 Å². The van der Waals surface area contributed by atoms with E-state index in [1.54, 1.807) is 12.2 Å². The largest absolute Gasteiger partial charge is 2.00 e. The zero-order valence-corrected chi connectivity index (χ0v) is 20.5. The summed E-state index contributed by atoms with van der Waals surface area (Å²) in [6.45, 7) is 28.7. The van der Waals surface area contributed by atoms with Crippen LogP contribution in [0.15, 0.2) is 25.3 Å². The van der Waals surface area contributed by atoms with Crippen LogP contribution in [0.3, 0.4) is 0 Å². The molecule has 0 amide bonds. The van der Waals surface area contributed by atoms with E-state index in [0.717, 1.165) is 0 Å². The minimum absolute atomic E-state index is 0. The summed E-state index contributed by atoms with van der Waals surface area (Å²) in [5.41, 5.74) is 0. The van der Waals surface area contributed by atoms with E-state index >= 15 is 0 Å². The summed E-state index contributed by atoms with van der Waals surface area (Å²) in [7, 11) is 0. The first-order valence-electron chi connectivity index (χ1n) is 8.65. The summed E-state index contributed by atoms with van der Waals surface area (Å²) >= 11 is 0. The van der Waals surface area contributed by atoms with Crippen LogP contribution in [0, 0.1) is 59.2 Å². The molecule has 0 atom stereocenters. The van der Waals surface area contributed by atoms with Crippen molar-refractivity contribution in [2.45, 2.75) is 69.2 Å². The molecule has 134 valence electrons. The molecule has 1 heteroatoms. The molecule has 25 heavy (non-hydrogen) atoms. The normalized spacial score (nSPS) is 23.6. The molecule has 0 aromatic heterocycles. The van der Waals surface area contributed by atoms with Crippen LogP contribution in [0.25, 0.3) is 0 Å². The maximum atomic E-state index is 3.36. The molecule has 0 heterocycles. The molecule has 0 spiro atoms. The average molecular weight is 416 g/mol. The summed E-state index contributed by atoms with van der Waals surface area (Å²) in [6.07, 6.45) is 3.28. The van der Waals surface area contributed by atoms with Crippen LogP contribution in [-0.4, -0.2) is 0 Å². The van der Waals surface area contributed by atoms with Gasteiger partial charge in [-0.1, -0.05) is 94.5 Å². The van der Waals surface area contributed by atoms with Crippen molar-refractivity contribution >= 4 is 0 Å². The van der Waals surface area contributed by atoms with E-state index in [4.69, 9.17) is 0 Å². The third-order valence-electron chi connectivity index (χ3n) is 5.79. The van der Waals surface area contributed by atoms with Gasteiger partial charge < -0.3 is 0 Å². The van der Waals surface area contributed by atoms with E-state index < -0.39 is 0 Å². The molecule has 0 nitrogen and oxygen atoms in total. The SMILES string of the molecule is C=CC=C.C[C]1[C](C)[C](C)[C](C)[C]1C.C[C]1[C](C)[C](C)[C](C)[C]1C.[Zr+2]. The zero-order valence-electron chi connectivity index (χ0n) is 18.1. The first kappa shape index (κ1) is 27.6. The molecule has 2 aliphatic carbocycles. The van der Waals surface area contributed by atoms with Gasteiger partial charge in [-0.2, -0.15) is 0 Å². The summed E-state index contributed by atoms with van der Waals surface area (Å²) in [5, 5.41) is 0. The molecule has 2 rings (SSSR count). The van der Waals surface area contributed by atoms with Gasteiger partial charge in [0.2, 0.25) is 0 Å². The van der Waals surface area contributed by atoms with Gasteiger partial charge in [-0.25, -0.2) is 0 Å². The third-order valence-corrected chi connectivity index (χ3v) is 5.79. The van der Waals surface area contributed by atoms with E-state index in [2.05, 4.69) is 82.4 Å². The Morgan fingerprint density at radius 3 is 0.480 bits per heavy atom. The summed E-state index contributed by atoms with van der Waals surface area (Å²) in [5.74, 6) is 14.7. The fourth-order valence-electron chi connectivity index (χ4n) is 2.81. The van der Waals surface area contributed by atoms with Gasteiger partial charge in [0.15, 0.2) is 0 Å². The van der Waals surface area contributed by atoms with Crippen LogP contribution >= 0.6 is 0 Å². The second kappa shape index (κ2) is 12.7. The van der Waals surface area contributed by atoms with Gasteiger partial charge in [0.05, 0.1) is 0 Å². The van der Waals surface area contributed by atoms with E-state index in [1.807, 2.05) is 0 Å². The first-order valence-corrected chi connectivity index (χ1v) is 8.65. The van der Waals surface area contributed by atoms with Gasteiger partial charge in [-0.3, -0.25) is 0 Å². The van der Waals surface area contributed by atoms with Crippen LogP contribution in [0.4, 0.5) is 0 Å². The van der Waals surface area contributed by atoms with Crippen LogP contribution in [0.5, 0.6) is 0 Å². The Morgan fingerprint density at radius 2 is 0.440 bits per heavy atom. The summed E-state index contributed by atoms with van der Waals surface area (Å²) in [6, 6.07) is 0. The molecule has 0 aromatic carbocycles. The van der Waals surface area contributed by atoms with Gasteiger partial charge in [0, 0.05) is 0 Å². The molecule has 2 aliphatic rings. The molecule has 10 radical (unpaired) electrons. The van der Waals surface area contributed by atoms with Crippen molar-refractivity contribution in [1.82, 2.24) is 0 Å². The van der Waals surface area contributed by atoms with Crippen molar-refractivity contribution in [2.24, 2.45) is 0 Å². The monoisotopic (exact) mass is 414 g/mol. The Kier molecular flexibility index (Phi) is 14.0. The molecule has 0 N–H and O–H groups in total. The van der Waals surface area contributed by atoms with Crippen LogP contribution in [-0.2, 0) is 26.2 Å². The van der Waals surface area contributed by atoms with Crippen molar-refractivity contribution in [3.05, 3.63) is 84.5 Å². The molecule has 0 saturated heterocycles. The molecule has 0 aliphatic heterocycles. The fraction of sp³-hybridized carbons (Fsp3) is 0.417. The van der Waals surface area contributed by atoms with Crippen molar-refractivity contribution < 1.29 is 26.2 Å². The van der Waals surface area contributed by atoms with E-state index in [9.17, 15) is 0 Å². The average Bonchev–Trinajstić information content (AvgIpc) is 2.86. The predicted molar refractivity (Wildman–Crippen MR) is 110 cm³/mol. The van der Waals surface area contributed by atoms with Crippen molar-refractivity contribution in [2.75, 3.05) is 0 Å². The Hall–Kier alpha value is 0.363. The number of rotatable bonds is 1. The predicted octanol–water partition coefficient (Wildman–Crippen LogP) is 7.30. The third kappa shape index (κ3) is 7.12. The Bertz CT molecular complexity index is 249. The molecule has 0 bridgehead atoms. The van der Waals surface area contributed by atoms with Crippen LogP contribution in [0.2, 0.25) is 0 Å². The smallest absolute Gasteiger partial charge is 0.0991 e. The van der Waals surface area contributed by atoms with Crippen molar-refractivity contribution in [1.29, 1.82) is 0 Å². The van der Waals surface area contributed by atoms with Crippen LogP contribution < -0.4 is 0 Å². The second-order valence-corrected chi connectivity index (χ2v) is 6.72. The maximum Gasteiger partial charge on any atom is 2.00 e. The number of hydrogen-bond acceptors (Lipinski definition) is 0. The first-order chi connectivity index (χ1) is 11.0. The maximum absolute atomic E-state index is 3.36. The van der Waals surface area contributed by atoms with E-state index in [-0.39, 0.29) is 26.2 Å². The summed E-state index contributed by atoms with van der Waals surface area (Å²) < 4.78 is 0. The standard InChI is InChI=1S/2C10H15.C4H6.Zr/c2*1-6-7(2)9(4)10(5)8(6)3;1-3-4-2;/h2*1-5H3;3-4H,1-2H2;/q;;;+2. The molecule has 0 aromatic rings.